The van der Waals surface area contributed by atoms with Crippen LogP contribution in [0, 0.1) is 13.8 Å². The largest absolute Gasteiger partial charge is 0.334 e. The molecule has 5 heteroatoms. The standard InChI is InChI=1S/C46H34N4O/c1-31-28-35(29-32(2)44(31)46-47-45(48-51-46)34-14-6-3-7-15-34)33-22-24-38(25-23-33)50-42-21-13-12-20-40(42)41-30-39(26-27-43(41)50)49(36-16-8-4-9-17-36)37-18-10-5-11-19-37/h3-30H,1-2H3. The molecule has 9 aromatic rings. The maximum atomic E-state index is 5.74. The van der Waals surface area contributed by atoms with Gasteiger partial charge in [-0.25, -0.2) is 0 Å². The summed E-state index contributed by atoms with van der Waals surface area (Å²) in [6, 6.07) is 59.8. The van der Waals surface area contributed by atoms with E-state index in [1.54, 1.807) is 0 Å². The van der Waals surface area contributed by atoms with Crippen molar-refractivity contribution in [1.82, 2.24) is 14.7 Å². The summed E-state index contributed by atoms with van der Waals surface area (Å²) in [5.41, 5.74) is 13.2. The summed E-state index contributed by atoms with van der Waals surface area (Å²) in [4.78, 5) is 7.04. The van der Waals surface area contributed by atoms with Gasteiger partial charge in [0.05, 0.1) is 11.0 Å². The molecule has 0 bridgehead atoms. The molecule has 244 valence electrons. The van der Waals surface area contributed by atoms with Gasteiger partial charge in [0.25, 0.3) is 5.89 Å². The van der Waals surface area contributed by atoms with E-state index in [4.69, 9.17) is 9.51 Å². The van der Waals surface area contributed by atoms with Crippen molar-refractivity contribution < 1.29 is 4.52 Å². The quantitative estimate of drug-likeness (QED) is 0.171. The van der Waals surface area contributed by atoms with Gasteiger partial charge in [-0.05, 0) is 96.8 Å². The Labute approximate surface area is 296 Å². The maximum absolute atomic E-state index is 5.74. The zero-order chi connectivity index (χ0) is 34.3. The lowest BCUT2D eigenvalue weighted by molar-refractivity contribution is 0.432. The van der Waals surface area contributed by atoms with Crippen LogP contribution in [-0.4, -0.2) is 14.7 Å². The molecular weight excluding hydrogens is 625 g/mol. The highest BCUT2D eigenvalue weighted by Gasteiger charge is 2.19. The monoisotopic (exact) mass is 658 g/mol. The summed E-state index contributed by atoms with van der Waals surface area (Å²) in [7, 11) is 0. The van der Waals surface area contributed by atoms with E-state index in [9.17, 15) is 0 Å². The Kier molecular flexibility index (Phi) is 7.51. The minimum atomic E-state index is 0.538. The second-order valence-electron chi connectivity index (χ2n) is 12.9. The van der Waals surface area contributed by atoms with E-state index in [0.29, 0.717) is 11.7 Å². The van der Waals surface area contributed by atoms with Crippen LogP contribution in [0.5, 0.6) is 0 Å². The predicted molar refractivity (Wildman–Crippen MR) is 209 cm³/mol. The van der Waals surface area contributed by atoms with Crippen molar-refractivity contribution >= 4 is 38.9 Å². The Bertz CT molecular complexity index is 2580. The number of aromatic nitrogens is 3. The minimum absolute atomic E-state index is 0.538. The Morgan fingerprint density at radius 1 is 0.490 bits per heavy atom. The smallest absolute Gasteiger partial charge is 0.258 e. The van der Waals surface area contributed by atoms with Crippen molar-refractivity contribution in [3.63, 3.8) is 0 Å². The SMILES string of the molecule is Cc1cc(-c2ccc(-n3c4ccccc4c4cc(N(c5ccccc5)c5ccccc5)ccc43)cc2)cc(C)c1-c1nc(-c2ccccc2)no1. The molecule has 0 unspecified atom stereocenters. The van der Waals surface area contributed by atoms with Crippen molar-refractivity contribution in [3.8, 4) is 39.7 Å². The van der Waals surface area contributed by atoms with Gasteiger partial charge in [-0.3, -0.25) is 0 Å². The number of para-hydroxylation sites is 3. The van der Waals surface area contributed by atoms with E-state index in [1.165, 1.54) is 21.8 Å². The van der Waals surface area contributed by atoms with Gasteiger partial charge in [0.15, 0.2) is 0 Å². The highest BCUT2D eigenvalue weighted by atomic mass is 16.5. The van der Waals surface area contributed by atoms with Gasteiger partial charge < -0.3 is 14.0 Å². The molecular formula is C46H34N4O. The van der Waals surface area contributed by atoms with Crippen LogP contribution in [0.1, 0.15) is 11.1 Å². The molecule has 5 nitrogen and oxygen atoms in total. The van der Waals surface area contributed by atoms with E-state index >= 15 is 0 Å². The molecule has 0 fully saturated rings. The molecule has 0 amide bonds. The molecule has 2 heterocycles. The molecule has 0 spiro atoms. The molecule has 0 saturated heterocycles. The fourth-order valence-electron chi connectivity index (χ4n) is 7.28. The predicted octanol–water partition coefficient (Wildman–Crippen LogP) is 12.3. The summed E-state index contributed by atoms with van der Waals surface area (Å²) in [5.74, 6) is 1.13. The fraction of sp³-hybridized carbons (Fsp3) is 0.0435. The first-order chi connectivity index (χ1) is 25.1. The average Bonchev–Trinajstić information content (AvgIpc) is 3.79. The first kappa shape index (κ1) is 30.3. The van der Waals surface area contributed by atoms with Crippen LogP contribution in [-0.2, 0) is 0 Å². The zero-order valence-electron chi connectivity index (χ0n) is 28.4. The second-order valence-corrected chi connectivity index (χ2v) is 12.9. The Balaban J connectivity index is 1.08. The molecule has 0 saturated carbocycles. The molecule has 0 aliphatic heterocycles. The molecule has 51 heavy (non-hydrogen) atoms. The lowest BCUT2D eigenvalue weighted by atomic mass is 9.95. The fourth-order valence-corrected chi connectivity index (χ4v) is 7.28. The van der Waals surface area contributed by atoms with Crippen molar-refractivity contribution in [1.29, 1.82) is 0 Å². The molecule has 0 aliphatic carbocycles. The van der Waals surface area contributed by atoms with E-state index in [0.717, 1.165) is 56.1 Å². The summed E-state index contributed by atoms with van der Waals surface area (Å²) in [6.45, 7) is 4.21. The number of hydrogen-bond acceptors (Lipinski definition) is 4. The molecule has 0 atom stereocenters. The number of hydrogen-bond donors (Lipinski definition) is 0. The number of anilines is 3. The molecule has 2 aromatic heterocycles. The number of fused-ring (bicyclic) bond motifs is 3. The van der Waals surface area contributed by atoms with Crippen LogP contribution >= 0.6 is 0 Å². The maximum Gasteiger partial charge on any atom is 0.258 e. The van der Waals surface area contributed by atoms with E-state index in [-0.39, 0.29) is 0 Å². The minimum Gasteiger partial charge on any atom is -0.334 e. The highest BCUT2D eigenvalue weighted by molar-refractivity contribution is 6.10. The first-order valence-electron chi connectivity index (χ1n) is 17.2. The van der Waals surface area contributed by atoms with Crippen molar-refractivity contribution in [2.45, 2.75) is 13.8 Å². The summed E-state index contributed by atoms with van der Waals surface area (Å²) in [5, 5.41) is 6.68. The highest BCUT2D eigenvalue weighted by Crippen LogP contribution is 2.40. The Hall–Kier alpha value is -6.72. The van der Waals surface area contributed by atoms with E-state index in [2.05, 4.69) is 168 Å². The molecule has 0 N–H and O–H groups in total. The summed E-state index contributed by atoms with van der Waals surface area (Å²) < 4.78 is 8.11. The number of benzene rings is 7. The van der Waals surface area contributed by atoms with Crippen LogP contribution in [0.15, 0.2) is 174 Å². The zero-order valence-corrected chi connectivity index (χ0v) is 28.4. The van der Waals surface area contributed by atoms with Gasteiger partial charge in [0.2, 0.25) is 5.82 Å². The Morgan fingerprint density at radius 3 is 1.75 bits per heavy atom. The summed E-state index contributed by atoms with van der Waals surface area (Å²) >= 11 is 0. The lowest BCUT2D eigenvalue weighted by Gasteiger charge is -2.25. The topological polar surface area (TPSA) is 47.1 Å². The van der Waals surface area contributed by atoms with Gasteiger partial charge in [-0.2, -0.15) is 4.98 Å². The second kappa shape index (κ2) is 12.6. The van der Waals surface area contributed by atoms with Gasteiger partial charge in [-0.1, -0.05) is 114 Å². The van der Waals surface area contributed by atoms with Gasteiger partial charge in [0.1, 0.15) is 0 Å². The normalized spacial score (nSPS) is 11.3. The molecule has 9 rings (SSSR count). The number of aryl methyl sites for hydroxylation is 2. The molecule has 7 aromatic carbocycles. The first-order valence-corrected chi connectivity index (χ1v) is 17.2. The van der Waals surface area contributed by atoms with Crippen LogP contribution in [0.25, 0.3) is 61.5 Å². The van der Waals surface area contributed by atoms with Gasteiger partial charge in [0, 0.05) is 44.6 Å². The van der Waals surface area contributed by atoms with Crippen LogP contribution in [0.2, 0.25) is 0 Å². The van der Waals surface area contributed by atoms with E-state index < -0.39 is 0 Å². The molecule has 0 radical (unpaired) electrons. The van der Waals surface area contributed by atoms with Crippen LogP contribution in [0.4, 0.5) is 17.1 Å². The van der Waals surface area contributed by atoms with E-state index in [1.807, 2.05) is 30.3 Å². The van der Waals surface area contributed by atoms with Crippen molar-refractivity contribution in [2.75, 3.05) is 4.90 Å². The summed E-state index contributed by atoms with van der Waals surface area (Å²) in [6.07, 6.45) is 0. The number of rotatable bonds is 7. The van der Waals surface area contributed by atoms with Crippen LogP contribution < -0.4 is 4.90 Å². The van der Waals surface area contributed by atoms with Crippen LogP contribution in [0.3, 0.4) is 0 Å². The third-order valence-electron chi connectivity index (χ3n) is 9.61. The lowest BCUT2D eigenvalue weighted by Crippen LogP contribution is -2.09. The average molecular weight is 659 g/mol. The van der Waals surface area contributed by atoms with Crippen molar-refractivity contribution in [2.24, 2.45) is 0 Å². The molecule has 0 aliphatic rings. The third-order valence-corrected chi connectivity index (χ3v) is 9.61. The van der Waals surface area contributed by atoms with Crippen molar-refractivity contribution in [3.05, 3.63) is 181 Å². The Morgan fingerprint density at radius 2 is 1.08 bits per heavy atom. The van der Waals surface area contributed by atoms with Gasteiger partial charge in [-0.15, -0.1) is 0 Å². The third kappa shape index (κ3) is 5.45. The van der Waals surface area contributed by atoms with Gasteiger partial charge >= 0.3 is 0 Å². The number of nitrogens with zero attached hydrogens (tertiary/aromatic N) is 4.